The summed E-state index contributed by atoms with van der Waals surface area (Å²) in [6.07, 6.45) is 0.259. The SMILES string of the molecule is Nc1cccc(C(=O)NC2CNC(=O)C2)c1O. The Morgan fingerprint density at radius 3 is 2.94 bits per heavy atom. The average molecular weight is 235 g/mol. The number of nitrogen functional groups attached to an aromatic ring is 1. The largest absolute Gasteiger partial charge is 0.505 e. The monoisotopic (exact) mass is 235 g/mol. The molecule has 90 valence electrons. The second kappa shape index (κ2) is 4.32. The van der Waals surface area contributed by atoms with Gasteiger partial charge in [0.2, 0.25) is 5.91 Å². The highest BCUT2D eigenvalue weighted by Gasteiger charge is 2.24. The fourth-order valence-electron chi connectivity index (χ4n) is 1.71. The highest BCUT2D eigenvalue weighted by atomic mass is 16.3. The fraction of sp³-hybridized carbons (Fsp3) is 0.273. The minimum absolute atomic E-state index is 0.0907. The molecule has 6 heteroatoms. The van der Waals surface area contributed by atoms with Crippen molar-refractivity contribution in [1.82, 2.24) is 10.6 Å². The van der Waals surface area contributed by atoms with Gasteiger partial charge in [-0.05, 0) is 12.1 Å². The van der Waals surface area contributed by atoms with Crippen molar-refractivity contribution in [2.75, 3.05) is 12.3 Å². The number of phenolic OH excluding ortho intramolecular Hbond substituents is 1. The first kappa shape index (κ1) is 11.3. The summed E-state index contributed by atoms with van der Waals surface area (Å²) in [5.41, 5.74) is 5.76. The lowest BCUT2D eigenvalue weighted by Crippen LogP contribution is -2.36. The van der Waals surface area contributed by atoms with Crippen molar-refractivity contribution < 1.29 is 14.7 Å². The predicted molar refractivity (Wildman–Crippen MR) is 61.4 cm³/mol. The maximum absolute atomic E-state index is 11.8. The zero-order valence-corrected chi connectivity index (χ0v) is 9.06. The van der Waals surface area contributed by atoms with E-state index < -0.39 is 5.91 Å². The first-order valence-electron chi connectivity index (χ1n) is 5.23. The molecule has 1 aromatic carbocycles. The molecule has 0 spiro atoms. The number of nitrogens with two attached hydrogens (primary N) is 1. The van der Waals surface area contributed by atoms with E-state index in [0.717, 1.165) is 0 Å². The summed E-state index contributed by atoms with van der Waals surface area (Å²) in [6.45, 7) is 0.410. The fourth-order valence-corrected chi connectivity index (χ4v) is 1.71. The van der Waals surface area contributed by atoms with Crippen LogP contribution in [0.2, 0.25) is 0 Å². The van der Waals surface area contributed by atoms with E-state index in [4.69, 9.17) is 5.73 Å². The molecule has 1 atom stereocenters. The third-order valence-electron chi connectivity index (χ3n) is 2.62. The molecule has 1 unspecified atom stereocenters. The Hall–Kier alpha value is -2.24. The molecule has 0 aliphatic carbocycles. The van der Waals surface area contributed by atoms with Crippen molar-refractivity contribution in [3.63, 3.8) is 0 Å². The number of aromatic hydroxyl groups is 1. The van der Waals surface area contributed by atoms with Crippen molar-refractivity contribution in [3.05, 3.63) is 23.8 Å². The third kappa shape index (κ3) is 2.30. The Bertz CT molecular complexity index is 473. The molecule has 2 amide bonds. The van der Waals surface area contributed by atoms with Gasteiger partial charge < -0.3 is 21.5 Å². The van der Waals surface area contributed by atoms with Gasteiger partial charge in [-0.1, -0.05) is 6.07 Å². The summed E-state index contributed by atoms with van der Waals surface area (Å²) < 4.78 is 0. The van der Waals surface area contributed by atoms with E-state index >= 15 is 0 Å². The minimum Gasteiger partial charge on any atom is -0.505 e. The van der Waals surface area contributed by atoms with Gasteiger partial charge in [0.1, 0.15) is 0 Å². The minimum atomic E-state index is -0.434. The number of rotatable bonds is 2. The van der Waals surface area contributed by atoms with Crippen LogP contribution < -0.4 is 16.4 Å². The van der Waals surface area contributed by atoms with Crippen LogP contribution in [0.4, 0.5) is 5.69 Å². The van der Waals surface area contributed by atoms with Gasteiger partial charge >= 0.3 is 0 Å². The van der Waals surface area contributed by atoms with E-state index in [1.54, 1.807) is 6.07 Å². The van der Waals surface area contributed by atoms with Crippen LogP contribution in [0.5, 0.6) is 5.75 Å². The summed E-state index contributed by atoms with van der Waals surface area (Å²) >= 11 is 0. The zero-order valence-electron chi connectivity index (χ0n) is 9.06. The van der Waals surface area contributed by atoms with E-state index in [0.29, 0.717) is 6.54 Å². The van der Waals surface area contributed by atoms with Crippen molar-refractivity contribution in [3.8, 4) is 5.75 Å². The molecule has 5 N–H and O–H groups in total. The van der Waals surface area contributed by atoms with Crippen molar-refractivity contribution in [1.29, 1.82) is 0 Å². The molecule has 1 heterocycles. The lowest BCUT2D eigenvalue weighted by molar-refractivity contribution is -0.119. The number of carbonyl (C=O) groups is 2. The summed E-state index contributed by atoms with van der Waals surface area (Å²) in [5.74, 6) is -0.759. The Labute approximate surface area is 97.8 Å². The first-order chi connectivity index (χ1) is 8.08. The number of benzene rings is 1. The Kier molecular flexibility index (Phi) is 2.86. The number of hydrogen-bond acceptors (Lipinski definition) is 4. The molecule has 2 rings (SSSR count). The quantitative estimate of drug-likeness (QED) is 0.413. The van der Waals surface area contributed by atoms with E-state index in [1.165, 1.54) is 12.1 Å². The van der Waals surface area contributed by atoms with Gasteiger partial charge in [-0.25, -0.2) is 0 Å². The third-order valence-corrected chi connectivity index (χ3v) is 2.62. The predicted octanol–water partition coefficient (Wildman–Crippen LogP) is -0.407. The number of para-hydroxylation sites is 1. The lowest BCUT2D eigenvalue weighted by atomic mass is 10.1. The van der Waals surface area contributed by atoms with Gasteiger partial charge in [-0.15, -0.1) is 0 Å². The van der Waals surface area contributed by atoms with E-state index in [2.05, 4.69) is 10.6 Å². The molecule has 17 heavy (non-hydrogen) atoms. The molecule has 1 aliphatic heterocycles. The van der Waals surface area contributed by atoms with Gasteiger partial charge in [0.15, 0.2) is 5.75 Å². The molecular formula is C11H13N3O3. The van der Waals surface area contributed by atoms with Crippen molar-refractivity contribution in [2.24, 2.45) is 0 Å². The van der Waals surface area contributed by atoms with Crippen LogP contribution >= 0.6 is 0 Å². The topological polar surface area (TPSA) is 104 Å². The molecule has 1 aromatic rings. The van der Waals surface area contributed by atoms with Gasteiger partial charge in [-0.2, -0.15) is 0 Å². The molecule has 6 nitrogen and oxygen atoms in total. The molecule has 1 aliphatic rings. The van der Waals surface area contributed by atoms with Crippen LogP contribution in [0.25, 0.3) is 0 Å². The summed E-state index contributed by atoms with van der Waals surface area (Å²) in [6, 6.07) is 4.33. The molecule has 1 fully saturated rings. The normalized spacial score (nSPS) is 18.8. The summed E-state index contributed by atoms with van der Waals surface area (Å²) in [4.78, 5) is 22.8. The van der Waals surface area contributed by atoms with Gasteiger partial charge in [0, 0.05) is 13.0 Å². The Balaban J connectivity index is 2.09. The number of hydrogen-bond donors (Lipinski definition) is 4. The van der Waals surface area contributed by atoms with Gasteiger partial charge in [0.25, 0.3) is 5.91 Å². The lowest BCUT2D eigenvalue weighted by Gasteiger charge is -2.11. The molecular weight excluding hydrogens is 222 g/mol. The first-order valence-corrected chi connectivity index (χ1v) is 5.23. The van der Waals surface area contributed by atoms with E-state index in [-0.39, 0.29) is 35.4 Å². The maximum Gasteiger partial charge on any atom is 0.255 e. The highest BCUT2D eigenvalue weighted by Crippen LogP contribution is 2.24. The maximum atomic E-state index is 11.8. The average Bonchev–Trinajstić information content (AvgIpc) is 2.68. The van der Waals surface area contributed by atoms with Crippen molar-refractivity contribution >= 4 is 17.5 Å². The van der Waals surface area contributed by atoms with Crippen LogP contribution in [-0.4, -0.2) is 29.5 Å². The number of anilines is 1. The van der Waals surface area contributed by atoms with Crippen LogP contribution in [0, 0.1) is 0 Å². The molecule has 1 saturated heterocycles. The standard InChI is InChI=1S/C11H13N3O3/c12-8-3-1-2-7(10(8)16)11(17)14-6-4-9(15)13-5-6/h1-3,6,16H,4-5,12H2,(H,13,15)(H,14,17). The van der Waals surface area contributed by atoms with Gasteiger partial charge in [0.05, 0.1) is 17.3 Å². The molecule has 0 saturated carbocycles. The van der Waals surface area contributed by atoms with Gasteiger partial charge in [-0.3, -0.25) is 9.59 Å². The van der Waals surface area contributed by atoms with Crippen LogP contribution in [-0.2, 0) is 4.79 Å². The van der Waals surface area contributed by atoms with Crippen molar-refractivity contribution in [2.45, 2.75) is 12.5 Å². The van der Waals surface area contributed by atoms with E-state index in [1.807, 2.05) is 0 Å². The second-order valence-electron chi connectivity index (χ2n) is 3.92. The van der Waals surface area contributed by atoms with E-state index in [9.17, 15) is 14.7 Å². The summed E-state index contributed by atoms with van der Waals surface area (Å²) in [7, 11) is 0. The van der Waals surface area contributed by atoms with Crippen LogP contribution in [0.15, 0.2) is 18.2 Å². The Morgan fingerprint density at radius 2 is 2.29 bits per heavy atom. The van der Waals surface area contributed by atoms with Crippen LogP contribution in [0.3, 0.4) is 0 Å². The highest BCUT2D eigenvalue weighted by molar-refractivity contribution is 5.99. The van der Waals surface area contributed by atoms with Crippen LogP contribution in [0.1, 0.15) is 16.8 Å². The smallest absolute Gasteiger partial charge is 0.255 e. The Morgan fingerprint density at radius 1 is 1.53 bits per heavy atom. The number of nitrogens with one attached hydrogen (secondary N) is 2. The molecule has 0 radical (unpaired) electrons. The number of amides is 2. The second-order valence-corrected chi connectivity index (χ2v) is 3.92. The summed E-state index contributed by atoms with van der Waals surface area (Å²) in [5, 5.41) is 14.9. The molecule has 0 aromatic heterocycles. The number of phenols is 1. The number of carbonyl (C=O) groups excluding carboxylic acids is 2. The zero-order chi connectivity index (χ0) is 12.4. The molecule has 0 bridgehead atoms.